The number of likely N-dealkylation sites (N-methyl/N-ethyl adjacent to an activating group) is 1. The van der Waals surface area contributed by atoms with Crippen molar-refractivity contribution in [3.05, 3.63) is 24.3 Å². The van der Waals surface area contributed by atoms with Crippen molar-refractivity contribution in [2.75, 3.05) is 46.4 Å². The molecule has 0 aromatic heterocycles. The SMILES string of the molecule is CCOc1ccccc1OCC(=O)N1CCN(C)CC1. The number of rotatable bonds is 5. The third-order valence-corrected chi connectivity index (χ3v) is 3.36. The highest BCUT2D eigenvalue weighted by molar-refractivity contribution is 5.78. The Labute approximate surface area is 120 Å². The second-order valence-corrected chi connectivity index (χ2v) is 4.85. The molecule has 2 rings (SSSR count). The quantitative estimate of drug-likeness (QED) is 0.812. The lowest BCUT2D eigenvalue weighted by molar-refractivity contribution is -0.134. The van der Waals surface area contributed by atoms with Crippen molar-refractivity contribution in [3.63, 3.8) is 0 Å². The van der Waals surface area contributed by atoms with Crippen LogP contribution in [0.4, 0.5) is 0 Å². The Balaban J connectivity index is 1.87. The van der Waals surface area contributed by atoms with E-state index in [1.165, 1.54) is 0 Å². The van der Waals surface area contributed by atoms with Gasteiger partial charge in [0.1, 0.15) is 0 Å². The predicted octanol–water partition coefficient (Wildman–Crippen LogP) is 1.24. The van der Waals surface area contributed by atoms with Crippen molar-refractivity contribution in [1.29, 1.82) is 0 Å². The van der Waals surface area contributed by atoms with Crippen molar-refractivity contribution in [2.24, 2.45) is 0 Å². The molecule has 1 aromatic rings. The molecular formula is C15H22N2O3. The number of hydrogen-bond donors (Lipinski definition) is 0. The number of para-hydroxylation sites is 2. The summed E-state index contributed by atoms with van der Waals surface area (Å²) in [5.74, 6) is 1.34. The first kappa shape index (κ1) is 14.7. The number of piperazine rings is 1. The summed E-state index contributed by atoms with van der Waals surface area (Å²) in [5.41, 5.74) is 0. The molecule has 0 N–H and O–H groups in total. The van der Waals surface area contributed by atoms with Crippen molar-refractivity contribution in [3.8, 4) is 11.5 Å². The second-order valence-electron chi connectivity index (χ2n) is 4.85. The first-order valence-corrected chi connectivity index (χ1v) is 7.01. The van der Waals surface area contributed by atoms with E-state index in [4.69, 9.17) is 9.47 Å². The smallest absolute Gasteiger partial charge is 0.260 e. The zero-order chi connectivity index (χ0) is 14.4. The molecule has 20 heavy (non-hydrogen) atoms. The van der Waals surface area contributed by atoms with E-state index in [1.54, 1.807) is 0 Å². The van der Waals surface area contributed by atoms with Gasteiger partial charge in [-0.05, 0) is 26.1 Å². The van der Waals surface area contributed by atoms with Crippen LogP contribution in [0.25, 0.3) is 0 Å². The summed E-state index contributed by atoms with van der Waals surface area (Å²) in [5, 5.41) is 0. The normalized spacial score (nSPS) is 16.0. The van der Waals surface area contributed by atoms with Crippen LogP contribution in [0.2, 0.25) is 0 Å². The molecule has 1 aliphatic rings. The molecule has 0 atom stereocenters. The number of amides is 1. The Hall–Kier alpha value is -1.75. The average molecular weight is 278 g/mol. The van der Waals surface area contributed by atoms with E-state index in [0.29, 0.717) is 18.1 Å². The van der Waals surface area contributed by atoms with E-state index in [9.17, 15) is 4.79 Å². The molecule has 0 radical (unpaired) electrons. The molecule has 5 nitrogen and oxygen atoms in total. The molecule has 0 aliphatic carbocycles. The Kier molecular flexibility index (Phi) is 5.24. The predicted molar refractivity (Wildman–Crippen MR) is 77.2 cm³/mol. The fourth-order valence-electron chi connectivity index (χ4n) is 2.13. The van der Waals surface area contributed by atoms with Crippen LogP contribution in [0.5, 0.6) is 11.5 Å². The monoisotopic (exact) mass is 278 g/mol. The molecule has 0 bridgehead atoms. The van der Waals surface area contributed by atoms with Crippen LogP contribution in [-0.4, -0.2) is 62.1 Å². The lowest BCUT2D eigenvalue weighted by Crippen LogP contribution is -2.48. The zero-order valence-electron chi connectivity index (χ0n) is 12.2. The highest BCUT2D eigenvalue weighted by Gasteiger charge is 2.19. The number of nitrogens with zero attached hydrogens (tertiary/aromatic N) is 2. The van der Waals surface area contributed by atoms with Gasteiger partial charge in [-0.15, -0.1) is 0 Å². The third kappa shape index (κ3) is 3.87. The Morgan fingerprint density at radius 2 is 1.70 bits per heavy atom. The fourth-order valence-corrected chi connectivity index (χ4v) is 2.13. The van der Waals surface area contributed by atoms with Gasteiger partial charge in [0.15, 0.2) is 18.1 Å². The molecular weight excluding hydrogens is 256 g/mol. The van der Waals surface area contributed by atoms with Gasteiger partial charge in [-0.2, -0.15) is 0 Å². The van der Waals surface area contributed by atoms with Crippen molar-refractivity contribution < 1.29 is 14.3 Å². The van der Waals surface area contributed by atoms with Crippen LogP contribution in [0.1, 0.15) is 6.92 Å². The van der Waals surface area contributed by atoms with Gasteiger partial charge in [-0.3, -0.25) is 4.79 Å². The van der Waals surface area contributed by atoms with Gasteiger partial charge in [0, 0.05) is 26.2 Å². The summed E-state index contributed by atoms with van der Waals surface area (Å²) in [6.45, 7) is 5.94. The van der Waals surface area contributed by atoms with Crippen molar-refractivity contribution in [1.82, 2.24) is 9.80 Å². The van der Waals surface area contributed by atoms with Gasteiger partial charge in [0.25, 0.3) is 5.91 Å². The molecule has 1 amide bonds. The van der Waals surface area contributed by atoms with Crippen LogP contribution < -0.4 is 9.47 Å². The molecule has 0 spiro atoms. The largest absolute Gasteiger partial charge is 0.490 e. The number of ether oxygens (including phenoxy) is 2. The Bertz CT molecular complexity index is 442. The number of benzene rings is 1. The van der Waals surface area contributed by atoms with Crippen molar-refractivity contribution in [2.45, 2.75) is 6.92 Å². The summed E-state index contributed by atoms with van der Waals surface area (Å²) in [6, 6.07) is 7.43. The van der Waals surface area contributed by atoms with Gasteiger partial charge >= 0.3 is 0 Å². The summed E-state index contributed by atoms with van der Waals surface area (Å²) >= 11 is 0. The van der Waals surface area contributed by atoms with E-state index >= 15 is 0 Å². The van der Waals surface area contributed by atoms with Crippen LogP contribution in [0.3, 0.4) is 0 Å². The van der Waals surface area contributed by atoms with E-state index in [2.05, 4.69) is 11.9 Å². The van der Waals surface area contributed by atoms with Gasteiger partial charge in [0.05, 0.1) is 6.61 Å². The molecule has 0 saturated carbocycles. The van der Waals surface area contributed by atoms with Crippen LogP contribution in [0.15, 0.2) is 24.3 Å². The Morgan fingerprint density at radius 3 is 2.30 bits per heavy atom. The molecule has 0 unspecified atom stereocenters. The molecule has 110 valence electrons. The molecule has 1 saturated heterocycles. The van der Waals surface area contributed by atoms with Crippen molar-refractivity contribution >= 4 is 5.91 Å². The summed E-state index contributed by atoms with van der Waals surface area (Å²) < 4.78 is 11.1. The summed E-state index contributed by atoms with van der Waals surface area (Å²) in [6.07, 6.45) is 0. The zero-order valence-corrected chi connectivity index (χ0v) is 12.2. The molecule has 1 heterocycles. The van der Waals surface area contributed by atoms with Gasteiger partial charge in [-0.1, -0.05) is 12.1 Å². The first-order chi connectivity index (χ1) is 9.70. The molecule has 5 heteroatoms. The van der Waals surface area contributed by atoms with Crippen LogP contribution >= 0.6 is 0 Å². The lowest BCUT2D eigenvalue weighted by atomic mass is 10.3. The van der Waals surface area contributed by atoms with Gasteiger partial charge in [-0.25, -0.2) is 0 Å². The van der Waals surface area contributed by atoms with Gasteiger partial charge < -0.3 is 19.3 Å². The van der Waals surface area contributed by atoms with E-state index in [-0.39, 0.29) is 12.5 Å². The minimum Gasteiger partial charge on any atom is -0.490 e. The van der Waals surface area contributed by atoms with E-state index < -0.39 is 0 Å². The Morgan fingerprint density at radius 1 is 1.10 bits per heavy atom. The summed E-state index contributed by atoms with van der Waals surface area (Å²) in [4.78, 5) is 16.2. The maximum absolute atomic E-state index is 12.1. The second kappa shape index (κ2) is 7.14. The fraction of sp³-hybridized carbons (Fsp3) is 0.533. The molecule has 1 aromatic carbocycles. The highest BCUT2D eigenvalue weighted by Crippen LogP contribution is 2.26. The minimum atomic E-state index is 0.0319. The average Bonchev–Trinajstić information content (AvgIpc) is 2.47. The molecule has 1 aliphatic heterocycles. The third-order valence-electron chi connectivity index (χ3n) is 3.36. The maximum Gasteiger partial charge on any atom is 0.260 e. The number of hydrogen-bond acceptors (Lipinski definition) is 4. The number of carbonyl (C=O) groups excluding carboxylic acids is 1. The standard InChI is InChI=1S/C15H22N2O3/c1-3-19-13-6-4-5-7-14(13)20-12-15(18)17-10-8-16(2)9-11-17/h4-7H,3,8-12H2,1-2H3. The lowest BCUT2D eigenvalue weighted by Gasteiger charge is -2.32. The van der Waals surface area contributed by atoms with E-state index in [0.717, 1.165) is 26.2 Å². The van der Waals surface area contributed by atoms with Crippen LogP contribution in [-0.2, 0) is 4.79 Å². The van der Waals surface area contributed by atoms with E-state index in [1.807, 2.05) is 36.1 Å². The number of carbonyl (C=O) groups is 1. The molecule has 1 fully saturated rings. The maximum atomic E-state index is 12.1. The first-order valence-electron chi connectivity index (χ1n) is 7.01. The summed E-state index contributed by atoms with van der Waals surface area (Å²) in [7, 11) is 2.07. The van der Waals surface area contributed by atoms with Crippen LogP contribution in [0, 0.1) is 0 Å². The minimum absolute atomic E-state index is 0.0319. The topological polar surface area (TPSA) is 42.0 Å². The van der Waals surface area contributed by atoms with Gasteiger partial charge in [0.2, 0.25) is 0 Å². The highest BCUT2D eigenvalue weighted by atomic mass is 16.5.